The molecule has 1 aromatic rings. The largest absolute Gasteiger partial charge is 0.508 e. The summed E-state index contributed by atoms with van der Waals surface area (Å²) in [4.78, 5) is 11.4. The molecule has 0 unspecified atom stereocenters. The Labute approximate surface area is 89.7 Å². The lowest BCUT2D eigenvalue weighted by atomic mass is 9.97. The van der Waals surface area contributed by atoms with Crippen molar-refractivity contribution in [3.63, 3.8) is 0 Å². The average Bonchev–Trinajstić information content (AvgIpc) is 2.15. The lowest BCUT2D eigenvalue weighted by Gasteiger charge is -2.16. The molecule has 0 aliphatic heterocycles. The quantitative estimate of drug-likeness (QED) is 0.759. The smallest absolute Gasteiger partial charge is 0.311 e. The van der Waals surface area contributed by atoms with Gasteiger partial charge in [0.15, 0.2) is 0 Å². The van der Waals surface area contributed by atoms with Gasteiger partial charge in [-0.2, -0.15) is 0 Å². The molecule has 0 saturated heterocycles. The lowest BCUT2D eigenvalue weighted by molar-refractivity contribution is -0.154. The summed E-state index contributed by atoms with van der Waals surface area (Å²) in [5.74, 6) is -0.0172. The third kappa shape index (κ3) is 3.62. The third-order valence-electron chi connectivity index (χ3n) is 1.92. The molecular weight excluding hydrogens is 192 g/mol. The molecule has 0 fully saturated rings. The number of rotatable bonds is 2. The summed E-state index contributed by atoms with van der Waals surface area (Å²) < 4.78 is 5.11. The first kappa shape index (κ1) is 11.6. The van der Waals surface area contributed by atoms with Crippen LogP contribution in [0.25, 0.3) is 0 Å². The Balaban J connectivity index is 2.51. The van der Waals surface area contributed by atoms with Gasteiger partial charge in [-0.25, -0.2) is 0 Å². The Morgan fingerprint density at radius 2 is 1.80 bits per heavy atom. The molecule has 3 heteroatoms. The molecule has 0 heterocycles. The van der Waals surface area contributed by atoms with Gasteiger partial charge in [0, 0.05) is 0 Å². The molecule has 0 saturated carbocycles. The second-order valence-corrected chi connectivity index (χ2v) is 4.49. The van der Waals surface area contributed by atoms with Crippen LogP contribution in [0, 0.1) is 5.41 Å². The van der Waals surface area contributed by atoms with Crippen molar-refractivity contribution >= 4 is 5.97 Å². The molecule has 82 valence electrons. The van der Waals surface area contributed by atoms with Crippen LogP contribution < -0.4 is 0 Å². The Morgan fingerprint density at radius 3 is 2.27 bits per heavy atom. The predicted molar refractivity (Wildman–Crippen MR) is 57.4 cm³/mol. The summed E-state index contributed by atoms with van der Waals surface area (Å²) >= 11 is 0. The maximum Gasteiger partial charge on any atom is 0.311 e. The van der Waals surface area contributed by atoms with Crippen LogP contribution >= 0.6 is 0 Å². The second kappa shape index (κ2) is 4.34. The summed E-state index contributed by atoms with van der Waals surface area (Å²) in [6, 6.07) is 6.59. The summed E-state index contributed by atoms with van der Waals surface area (Å²) in [5.41, 5.74) is 0.391. The van der Waals surface area contributed by atoms with Crippen molar-refractivity contribution in [2.24, 2.45) is 5.41 Å². The molecule has 15 heavy (non-hydrogen) atoms. The average molecular weight is 208 g/mol. The maximum absolute atomic E-state index is 11.4. The summed E-state index contributed by atoms with van der Waals surface area (Å²) in [7, 11) is 0. The second-order valence-electron chi connectivity index (χ2n) is 4.49. The number of hydrogen-bond donors (Lipinski definition) is 1. The van der Waals surface area contributed by atoms with Crippen molar-refractivity contribution < 1.29 is 14.6 Å². The van der Waals surface area contributed by atoms with Gasteiger partial charge in [-0.05, 0) is 38.5 Å². The number of carbonyl (C=O) groups excluding carboxylic acids is 1. The van der Waals surface area contributed by atoms with Gasteiger partial charge >= 0.3 is 5.97 Å². The van der Waals surface area contributed by atoms with E-state index in [0.717, 1.165) is 5.56 Å². The van der Waals surface area contributed by atoms with E-state index in [1.54, 1.807) is 24.3 Å². The molecule has 1 N–H and O–H groups in total. The highest BCUT2D eigenvalue weighted by atomic mass is 16.5. The molecule has 0 aliphatic rings. The molecule has 0 aliphatic carbocycles. The van der Waals surface area contributed by atoms with Gasteiger partial charge < -0.3 is 9.84 Å². The van der Waals surface area contributed by atoms with E-state index in [4.69, 9.17) is 9.84 Å². The van der Waals surface area contributed by atoms with Crippen molar-refractivity contribution in [1.29, 1.82) is 0 Å². The Bertz CT molecular complexity index is 333. The van der Waals surface area contributed by atoms with Gasteiger partial charge in [-0.15, -0.1) is 0 Å². The highest BCUT2D eigenvalue weighted by Gasteiger charge is 2.22. The van der Waals surface area contributed by atoms with Crippen LogP contribution in [0.2, 0.25) is 0 Å². The minimum atomic E-state index is -0.475. The van der Waals surface area contributed by atoms with Crippen LogP contribution in [0.5, 0.6) is 5.75 Å². The van der Waals surface area contributed by atoms with Gasteiger partial charge in [-0.3, -0.25) is 4.79 Å². The topological polar surface area (TPSA) is 46.5 Å². The number of esters is 1. The van der Waals surface area contributed by atoms with Crippen LogP contribution in [-0.2, 0) is 16.1 Å². The SMILES string of the molecule is CC(C)(C)C(=O)OCc1ccc(O)cc1. The number of ether oxygens (including phenoxy) is 1. The normalized spacial score (nSPS) is 11.1. The van der Waals surface area contributed by atoms with E-state index in [9.17, 15) is 4.79 Å². The standard InChI is InChI=1S/C12H16O3/c1-12(2,3)11(14)15-8-9-4-6-10(13)7-5-9/h4-7,13H,8H2,1-3H3. The van der Waals surface area contributed by atoms with Crippen LogP contribution in [0.4, 0.5) is 0 Å². The van der Waals surface area contributed by atoms with Gasteiger partial charge in [-0.1, -0.05) is 12.1 Å². The van der Waals surface area contributed by atoms with Crippen molar-refractivity contribution in [3.05, 3.63) is 29.8 Å². The summed E-state index contributed by atoms with van der Waals surface area (Å²) in [5, 5.41) is 9.06. The molecule has 0 atom stereocenters. The maximum atomic E-state index is 11.4. The Kier molecular flexibility index (Phi) is 3.35. The summed E-state index contributed by atoms with van der Waals surface area (Å²) in [6.07, 6.45) is 0. The molecule has 1 aromatic carbocycles. The van der Waals surface area contributed by atoms with Crippen LogP contribution in [0.15, 0.2) is 24.3 Å². The fourth-order valence-corrected chi connectivity index (χ4v) is 0.958. The first-order chi connectivity index (χ1) is 6.89. The molecule has 0 bridgehead atoms. The minimum Gasteiger partial charge on any atom is -0.508 e. The number of aromatic hydroxyl groups is 1. The van der Waals surface area contributed by atoms with E-state index in [1.807, 2.05) is 20.8 Å². The zero-order valence-electron chi connectivity index (χ0n) is 9.28. The van der Waals surface area contributed by atoms with E-state index >= 15 is 0 Å². The number of hydrogen-bond acceptors (Lipinski definition) is 3. The fourth-order valence-electron chi connectivity index (χ4n) is 0.958. The van der Waals surface area contributed by atoms with E-state index in [1.165, 1.54) is 0 Å². The van der Waals surface area contributed by atoms with Gasteiger partial charge in [0.1, 0.15) is 12.4 Å². The van der Waals surface area contributed by atoms with Gasteiger partial charge in [0.25, 0.3) is 0 Å². The first-order valence-electron chi connectivity index (χ1n) is 4.85. The Hall–Kier alpha value is -1.51. The van der Waals surface area contributed by atoms with Crippen molar-refractivity contribution in [2.45, 2.75) is 27.4 Å². The van der Waals surface area contributed by atoms with Crippen molar-refractivity contribution in [3.8, 4) is 5.75 Å². The highest BCUT2D eigenvalue weighted by Crippen LogP contribution is 2.17. The molecule has 0 spiro atoms. The minimum absolute atomic E-state index is 0.209. The fraction of sp³-hybridized carbons (Fsp3) is 0.417. The molecular formula is C12H16O3. The third-order valence-corrected chi connectivity index (χ3v) is 1.92. The molecule has 0 amide bonds. The van der Waals surface area contributed by atoms with Gasteiger partial charge in [0.05, 0.1) is 5.41 Å². The summed E-state index contributed by atoms with van der Waals surface area (Å²) in [6.45, 7) is 5.68. The number of carbonyl (C=O) groups is 1. The zero-order chi connectivity index (χ0) is 11.5. The van der Waals surface area contributed by atoms with Crippen LogP contribution in [0.1, 0.15) is 26.3 Å². The van der Waals surface area contributed by atoms with Crippen LogP contribution in [0.3, 0.4) is 0 Å². The molecule has 0 radical (unpaired) electrons. The molecule has 0 aromatic heterocycles. The van der Waals surface area contributed by atoms with Crippen molar-refractivity contribution in [2.75, 3.05) is 0 Å². The monoisotopic (exact) mass is 208 g/mol. The van der Waals surface area contributed by atoms with E-state index in [-0.39, 0.29) is 18.3 Å². The van der Waals surface area contributed by atoms with E-state index in [0.29, 0.717) is 0 Å². The molecule has 1 rings (SSSR count). The highest BCUT2D eigenvalue weighted by molar-refractivity contribution is 5.75. The number of phenolic OH excluding ortho intramolecular Hbond substituents is 1. The zero-order valence-corrected chi connectivity index (χ0v) is 9.28. The van der Waals surface area contributed by atoms with Crippen molar-refractivity contribution in [1.82, 2.24) is 0 Å². The predicted octanol–water partition coefficient (Wildman–Crippen LogP) is 2.48. The lowest BCUT2D eigenvalue weighted by Crippen LogP contribution is -2.22. The first-order valence-corrected chi connectivity index (χ1v) is 4.85. The van der Waals surface area contributed by atoms with Gasteiger partial charge in [0.2, 0.25) is 0 Å². The van der Waals surface area contributed by atoms with E-state index in [2.05, 4.69) is 0 Å². The molecule has 3 nitrogen and oxygen atoms in total. The number of phenols is 1. The number of benzene rings is 1. The Morgan fingerprint density at radius 1 is 1.27 bits per heavy atom. The van der Waals surface area contributed by atoms with E-state index < -0.39 is 5.41 Å². The van der Waals surface area contributed by atoms with Crippen LogP contribution in [-0.4, -0.2) is 11.1 Å².